The minimum atomic E-state index is -4.30. The van der Waals surface area contributed by atoms with E-state index in [1.165, 1.54) is 12.3 Å². The second-order valence-corrected chi connectivity index (χ2v) is 3.27. The van der Waals surface area contributed by atoms with Crippen molar-refractivity contribution in [3.05, 3.63) is 30.6 Å². The molecule has 0 spiro atoms. The second-order valence-electron chi connectivity index (χ2n) is 3.27. The number of fused-ring (bicyclic) bond motifs is 1. The number of halogens is 3. The SMILES string of the molecule is C=Cc1ccc2cnn(CC(F)(F)F)c2n1. The van der Waals surface area contributed by atoms with Crippen molar-refractivity contribution in [2.24, 2.45) is 0 Å². The molecule has 2 heterocycles. The van der Waals surface area contributed by atoms with Crippen molar-refractivity contribution in [2.75, 3.05) is 0 Å². The van der Waals surface area contributed by atoms with Crippen LogP contribution in [0.5, 0.6) is 0 Å². The lowest BCUT2D eigenvalue weighted by Gasteiger charge is -2.06. The number of pyridine rings is 1. The van der Waals surface area contributed by atoms with Crippen LogP contribution in [0.1, 0.15) is 5.69 Å². The van der Waals surface area contributed by atoms with Crippen molar-refractivity contribution in [1.82, 2.24) is 14.8 Å². The predicted molar refractivity (Wildman–Crippen MR) is 53.7 cm³/mol. The average molecular weight is 227 g/mol. The minimum absolute atomic E-state index is 0.217. The fourth-order valence-corrected chi connectivity index (χ4v) is 1.37. The monoisotopic (exact) mass is 227 g/mol. The van der Waals surface area contributed by atoms with Gasteiger partial charge in [0.05, 0.1) is 11.9 Å². The summed E-state index contributed by atoms with van der Waals surface area (Å²) in [6, 6.07) is 3.34. The summed E-state index contributed by atoms with van der Waals surface area (Å²) in [5.74, 6) is 0. The van der Waals surface area contributed by atoms with Gasteiger partial charge in [0, 0.05) is 5.39 Å². The van der Waals surface area contributed by atoms with E-state index in [1.807, 2.05) is 0 Å². The quantitative estimate of drug-likeness (QED) is 0.789. The Kier molecular flexibility index (Phi) is 2.41. The molecule has 84 valence electrons. The fourth-order valence-electron chi connectivity index (χ4n) is 1.37. The number of hydrogen-bond acceptors (Lipinski definition) is 2. The molecule has 6 heteroatoms. The molecule has 2 rings (SSSR count). The Balaban J connectivity index is 2.50. The third-order valence-corrected chi connectivity index (χ3v) is 2.05. The molecule has 0 aliphatic rings. The van der Waals surface area contributed by atoms with E-state index in [1.54, 1.807) is 12.1 Å². The van der Waals surface area contributed by atoms with Crippen LogP contribution >= 0.6 is 0 Å². The molecule has 16 heavy (non-hydrogen) atoms. The van der Waals surface area contributed by atoms with Gasteiger partial charge in [0.1, 0.15) is 6.54 Å². The first kappa shape index (κ1) is 10.7. The molecule has 0 fully saturated rings. The summed E-state index contributed by atoms with van der Waals surface area (Å²) in [5.41, 5.74) is 0.742. The number of hydrogen-bond donors (Lipinski definition) is 0. The molecule has 0 N–H and O–H groups in total. The highest BCUT2D eigenvalue weighted by Gasteiger charge is 2.29. The summed E-state index contributed by atoms with van der Waals surface area (Å²) >= 11 is 0. The van der Waals surface area contributed by atoms with Gasteiger partial charge in [-0.2, -0.15) is 18.3 Å². The van der Waals surface area contributed by atoms with Crippen LogP contribution in [0.2, 0.25) is 0 Å². The van der Waals surface area contributed by atoms with E-state index >= 15 is 0 Å². The zero-order valence-corrected chi connectivity index (χ0v) is 8.20. The number of rotatable bonds is 2. The molecule has 0 atom stereocenters. The Bertz CT molecular complexity index is 528. The molecule has 0 aliphatic heterocycles. The van der Waals surface area contributed by atoms with Crippen molar-refractivity contribution in [2.45, 2.75) is 12.7 Å². The minimum Gasteiger partial charge on any atom is -0.238 e. The fraction of sp³-hybridized carbons (Fsp3) is 0.200. The lowest BCUT2D eigenvalue weighted by Crippen LogP contribution is -2.18. The molecular weight excluding hydrogens is 219 g/mol. The number of aromatic nitrogens is 3. The van der Waals surface area contributed by atoms with Gasteiger partial charge in [0.25, 0.3) is 0 Å². The largest absolute Gasteiger partial charge is 0.408 e. The molecule has 2 aromatic rings. The Labute approximate surface area is 89.2 Å². The molecule has 2 aromatic heterocycles. The second kappa shape index (κ2) is 3.62. The first-order chi connectivity index (χ1) is 7.49. The van der Waals surface area contributed by atoms with E-state index in [2.05, 4.69) is 16.7 Å². The molecular formula is C10H8F3N3. The molecule has 0 amide bonds. The van der Waals surface area contributed by atoms with Crippen molar-refractivity contribution in [1.29, 1.82) is 0 Å². The Morgan fingerprint density at radius 1 is 1.38 bits per heavy atom. The van der Waals surface area contributed by atoms with Crippen LogP contribution in [-0.2, 0) is 6.54 Å². The van der Waals surface area contributed by atoms with Crippen LogP contribution in [0.4, 0.5) is 13.2 Å². The topological polar surface area (TPSA) is 30.7 Å². The Hall–Kier alpha value is -1.85. The summed E-state index contributed by atoms with van der Waals surface area (Å²) in [6.45, 7) is 2.38. The van der Waals surface area contributed by atoms with Gasteiger partial charge in [-0.25, -0.2) is 9.67 Å². The molecule has 0 unspecified atom stereocenters. The van der Waals surface area contributed by atoms with E-state index in [4.69, 9.17) is 0 Å². The van der Waals surface area contributed by atoms with Crippen LogP contribution in [0.3, 0.4) is 0 Å². The highest BCUT2D eigenvalue weighted by Crippen LogP contribution is 2.20. The van der Waals surface area contributed by atoms with Crippen molar-refractivity contribution < 1.29 is 13.2 Å². The summed E-state index contributed by atoms with van der Waals surface area (Å²) in [4.78, 5) is 4.02. The van der Waals surface area contributed by atoms with E-state index in [0.29, 0.717) is 11.1 Å². The van der Waals surface area contributed by atoms with Gasteiger partial charge in [-0.05, 0) is 18.2 Å². The number of alkyl halides is 3. The van der Waals surface area contributed by atoms with E-state index in [-0.39, 0.29) is 5.65 Å². The zero-order valence-electron chi connectivity index (χ0n) is 8.20. The lowest BCUT2D eigenvalue weighted by molar-refractivity contribution is -0.141. The van der Waals surface area contributed by atoms with E-state index < -0.39 is 12.7 Å². The molecule has 0 saturated carbocycles. The van der Waals surface area contributed by atoms with Gasteiger partial charge in [0.15, 0.2) is 5.65 Å². The van der Waals surface area contributed by atoms with Gasteiger partial charge < -0.3 is 0 Å². The third kappa shape index (κ3) is 2.05. The van der Waals surface area contributed by atoms with Crippen molar-refractivity contribution in [3.63, 3.8) is 0 Å². The number of nitrogens with zero attached hydrogens (tertiary/aromatic N) is 3. The Morgan fingerprint density at radius 3 is 2.75 bits per heavy atom. The maximum absolute atomic E-state index is 12.2. The molecule has 0 saturated heterocycles. The van der Waals surface area contributed by atoms with Crippen LogP contribution in [0.15, 0.2) is 24.9 Å². The Morgan fingerprint density at radius 2 is 2.12 bits per heavy atom. The van der Waals surface area contributed by atoms with Gasteiger partial charge in [0.2, 0.25) is 0 Å². The normalized spacial score (nSPS) is 11.9. The molecule has 0 radical (unpaired) electrons. The van der Waals surface area contributed by atoms with Crippen LogP contribution in [0, 0.1) is 0 Å². The van der Waals surface area contributed by atoms with Crippen LogP contribution in [0.25, 0.3) is 17.1 Å². The smallest absolute Gasteiger partial charge is 0.238 e. The summed E-state index contributed by atoms with van der Waals surface area (Å²) in [6.07, 6.45) is -1.46. The average Bonchev–Trinajstić information content (AvgIpc) is 2.58. The molecule has 0 bridgehead atoms. The summed E-state index contributed by atoms with van der Waals surface area (Å²) in [7, 11) is 0. The molecule has 0 aromatic carbocycles. The van der Waals surface area contributed by atoms with Crippen molar-refractivity contribution >= 4 is 17.1 Å². The zero-order chi connectivity index (χ0) is 11.8. The van der Waals surface area contributed by atoms with E-state index in [9.17, 15) is 13.2 Å². The third-order valence-electron chi connectivity index (χ3n) is 2.05. The van der Waals surface area contributed by atoms with Gasteiger partial charge in [-0.3, -0.25) is 0 Å². The summed E-state index contributed by atoms with van der Waals surface area (Å²) < 4.78 is 37.5. The van der Waals surface area contributed by atoms with Gasteiger partial charge in [-0.1, -0.05) is 6.58 Å². The van der Waals surface area contributed by atoms with Gasteiger partial charge >= 0.3 is 6.18 Å². The maximum atomic E-state index is 12.2. The van der Waals surface area contributed by atoms with Crippen LogP contribution < -0.4 is 0 Å². The van der Waals surface area contributed by atoms with Gasteiger partial charge in [-0.15, -0.1) is 0 Å². The van der Waals surface area contributed by atoms with Crippen LogP contribution in [-0.4, -0.2) is 20.9 Å². The first-order valence-electron chi connectivity index (χ1n) is 4.51. The molecule has 0 aliphatic carbocycles. The predicted octanol–water partition coefficient (Wildman–Crippen LogP) is 2.64. The summed E-state index contributed by atoms with van der Waals surface area (Å²) in [5, 5.41) is 4.23. The highest BCUT2D eigenvalue weighted by atomic mass is 19.4. The highest BCUT2D eigenvalue weighted by molar-refractivity contribution is 5.75. The standard InChI is InChI=1S/C10H8F3N3/c1-2-8-4-3-7-5-14-16(9(7)15-8)6-10(11,12)13/h2-5H,1,6H2. The maximum Gasteiger partial charge on any atom is 0.408 e. The lowest BCUT2D eigenvalue weighted by atomic mass is 10.3. The van der Waals surface area contributed by atoms with E-state index in [0.717, 1.165) is 4.68 Å². The molecule has 3 nitrogen and oxygen atoms in total. The first-order valence-corrected chi connectivity index (χ1v) is 4.51. The van der Waals surface area contributed by atoms with Crippen molar-refractivity contribution in [3.8, 4) is 0 Å².